The Hall–Kier alpha value is -2.48. The minimum atomic E-state index is -0.255. The van der Waals surface area contributed by atoms with Crippen molar-refractivity contribution in [1.82, 2.24) is 24.8 Å². The van der Waals surface area contributed by atoms with Gasteiger partial charge in [0.15, 0.2) is 5.65 Å². The Labute approximate surface area is 163 Å². The van der Waals surface area contributed by atoms with Crippen LogP contribution in [0.1, 0.15) is 54.4 Å². The fraction of sp³-hybridized carbons (Fsp3) is 0.600. The van der Waals surface area contributed by atoms with Gasteiger partial charge >= 0.3 is 0 Å². The first-order valence-electron chi connectivity index (χ1n) is 10.2. The lowest BCUT2D eigenvalue weighted by molar-refractivity contribution is -0.128. The summed E-state index contributed by atoms with van der Waals surface area (Å²) in [7, 11) is 0. The minimum absolute atomic E-state index is 0.0366. The third-order valence-electron chi connectivity index (χ3n) is 5.81. The molecule has 2 N–H and O–H groups in total. The van der Waals surface area contributed by atoms with Gasteiger partial charge in [-0.15, -0.1) is 0 Å². The summed E-state index contributed by atoms with van der Waals surface area (Å²) in [5, 5.41) is 16.2. The normalized spacial score (nSPS) is 20.8. The maximum Gasteiger partial charge on any atom is 0.257 e. The summed E-state index contributed by atoms with van der Waals surface area (Å²) in [4.78, 5) is 31.3. The van der Waals surface area contributed by atoms with Crippen molar-refractivity contribution in [2.45, 2.75) is 51.0 Å². The Kier molecular flexibility index (Phi) is 5.57. The predicted octanol–water partition coefficient (Wildman–Crippen LogP) is 1.18. The number of nitrogens with zero attached hydrogens (tertiary/aromatic N) is 4. The zero-order valence-corrected chi connectivity index (χ0v) is 16.0. The summed E-state index contributed by atoms with van der Waals surface area (Å²) >= 11 is 0. The van der Waals surface area contributed by atoms with Crippen LogP contribution in [0.15, 0.2) is 18.6 Å². The first-order valence-corrected chi connectivity index (χ1v) is 10.2. The molecule has 0 bridgehead atoms. The quantitative estimate of drug-likeness (QED) is 0.778. The number of fused-ring (bicyclic) bond motifs is 1. The van der Waals surface area contributed by atoms with Gasteiger partial charge in [0, 0.05) is 38.5 Å². The Morgan fingerprint density at radius 2 is 2.07 bits per heavy atom. The van der Waals surface area contributed by atoms with Gasteiger partial charge in [-0.1, -0.05) is 19.3 Å². The van der Waals surface area contributed by atoms with Crippen LogP contribution in [0.5, 0.6) is 0 Å². The van der Waals surface area contributed by atoms with Gasteiger partial charge in [0.2, 0.25) is 5.91 Å². The van der Waals surface area contributed by atoms with Crippen molar-refractivity contribution in [3.05, 3.63) is 29.7 Å². The van der Waals surface area contributed by atoms with Crippen molar-refractivity contribution < 1.29 is 14.7 Å². The highest BCUT2D eigenvalue weighted by Gasteiger charge is 2.32. The largest absolute Gasteiger partial charge is 0.396 e. The van der Waals surface area contributed by atoms with E-state index in [0.717, 1.165) is 12.1 Å². The van der Waals surface area contributed by atoms with E-state index < -0.39 is 0 Å². The van der Waals surface area contributed by atoms with E-state index in [0.29, 0.717) is 36.5 Å². The molecule has 3 heterocycles. The molecule has 1 atom stereocenters. The molecule has 1 unspecified atom stereocenters. The maximum atomic E-state index is 12.7. The summed E-state index contributed by atoms with van der Waals surface area (Å²) in [6.07, 6.45) is 12.0. The Morgan fingerprint density at radius 1 is 1.25 bits per heavy atom. The molecule has 150 valence electrons. The van der Waals surface area contributed by atoms with E-state index in [1.54, 1.807) is 16.9 Å². The van der Waals surface area contributed by atoms with Gasteiger partial charge in [0.05, 0.1) is 12.2 Å². The zero-order chi connectivity index (χ0) is 19.5. The van der Waals surface area contributed by atoms with E-state index in [-0.39, 0.29) is 24.5 Å². The highest BCUT2D eigenvalue weighted by molar-refractivity contribution is 6.00. The van der Waals surface area contributed by atoms with Gasteiger partial charge in [-0.3, -0.25) is 9.59 Å². The number of likely N-dealkylation sites (tertiary alicyclic amines) is 1. The molecular formula is C20H27N5O3. The van der Waals surface area contributed by atoms with Crippen LogP contribution in [0.3, 0.4) is 0 Å². The van der Waals surface area contributed by atoms with E-state index in [9.17, 15) is 9.59 Å². The lowest BCUT2D eigenvalue weighted by Gasteiger charge is -2.27. The van der Waals surface area contributed by atoms with Crippen LogP contribution in [0, 0.1) is 5.92 Å². The molecule has 0 spiro atoms. The lowest BCUT2D eigenvalue weighted by Crippen LogP contribution is -2.38. The number of amides is 2. The van der Waals surface area contributed by atoms with Crippen LogP contribution in [0.4, 0.5) is 0 Å². The van der Waals surface area contributed by atoms with Crippen molar-refractivity contribution in [2.24, 2.45) is 5.92 Å². The molecule has 1 saturated heterocycles. The number of aliphatic hydroxyl groups excluding tert-OH is 1. The van der Waals surface area contributed by atoms with Gasteiger partial charge in [-0.05, 0) is 30.7 Å². The Bertz CT molecular complexity index is 859. The standard InChI is InChI=1S/C20H27N5O3/c26-7-6-15-9-21-19-17(10-22-25(19)12-15)20(28)23-16-8-18(27)24(13-16)11-14-4-2-1-3-5-14/h9-10,12,14,16,26H,1-8,11,13H2,(H,23,28). The number of carbonyl (C=O) groups excluding carboxylic acids is 2. The van der Waals surface area contributed by atoms with Crippen molar-refractivity contribution in [2.75, 3.05) is 19.7 Å². The molecule has 1 aliphatic carbocycles. The van der Waals surface area contributed by atoms with Gasteiger partial charge in [0.1, 0.15) is 5.56 Å². The van der Waals surface area contributed by atoms with E-state index in [1.165, 1.54) is 38.3 Å². The average Bonchev–Trinajstić information content (AvgIpc) is 3.26. The third kappa shape index (κ3) is 4.01. The fourth-order valence-electron chi connectivity index (χ4n) is 4.32. The fourth-order valence-corrected chi connectivity index (χ4v) is 4.32. The van der Waals surface area contributed by atoms with Crippen molar-refractivity contribution in [1.29, 1.82) is 0 Å². The van der Waals surface area contributed by atoms with Gasteiger partial charge in [0.25, 0.3) is 5.91 Å². The molecule has 28 heavy (non-hydrogen) atoms. The highest BCUT2D eigenvalue weighted by atomic mass is 16.3. The maximum absolute atomic E-state index is 12.7. The van der Waals surface area contributed by atoms with Crippen molar-refractivity contribution >= 4 is 17.5 Å². The van der Waals surface area contributed by atoms with E-state index in [4.69, 9.17) is 5.11 Å². The van der Waals surface area contributed by atoms with E-state index in [2.05, 4.69) is 15.4 Å². The minimum Gasteiger partial charge on any atom is -0.396 e. The zero-order valence-electron chi connectivity index (χ0n) is 16.0. The van der Waals surface area contributed by atoms with Crippen molar-refractivity contribution in [3.63, 3.8) is 0 Å². The molecular weight excluding hydrogens is 358 g/mol. The Balaban J connectivity index is 1.38. The number of hydrogen-bond donors (Lipinski definition) is 2. The molecule has 2 aromatic rings. The average molecular weight is 385 g/mol. The molecule has 1 saturated carbocycles. The monoisotopic (exact) mass is 385 g/mol. The topological polar surface area (TPSA) is 99.8 Å². The van der Waals surface area contributed by atoms with Gasteiger partial charge in [-0.25, -0.2) is 9.50 Å². The molecule has 0 radical (unpaired) electrons. The predicted molar refractivity (Wildman–Crippen MR) is 103 cm³/mol. The number of nitrogens with one attached hydrogen (secondary N) is 1. The molecule has 2 aliphatic rings. The number of hydrogen-bond acceptors (Lipinski definition) is 5. The molecule has 4 rings (SSSR count). The van der Waals surface area contributed by atoms with Crippen LogP contribution in [-0.4, -0.2) is 62.2 Å². The number of rotatable bonds is 6. The van der Waals surface area contributed by atoms with E-state index in [1.807, 2.05) is 4.90 Å². The molecule has 1 aliphatic heterocycles. The second-order valence-electron chi connectivity index (χ2n) is 7.94. The third-order valence-corrected chi connectivity index (χ3v) is 5.81. The van der Waals surface area contributed by atoms with Crippen LogP contribution >= 0.6 is 0 Å². The molecule has 2 amide bonds. The second-order valence-corrected chi connectivity index (χ2v) is 7.94. The van der Waals surface area contributed by atoms with Gasteiger partial charge in [-0.2, -0.15) is 5.10 Å². The molecule has 8 heteroatoms. The SMILES string of the molecule is O=C(NC1CC(=O)N(CC2CCCCC2)C1)c1cnn2cc(CCO)cnc12. The first-order chi connectivity index (χ1) is 13.6. The Morgan fingerprint density at radius 3 is 2.86 bits per heavy atom. The molecule has 0 aromatic carbocycles. The lowest BCUT2D eigenvalue weighted by atomic mass is 9.89. The summed E-state index contributed by atoms with van der Waals surface area (Å²) < 4.78 is 1.55. The number of carbonyl (C=O) groups is 2. The summed E-state index contributed by atoms with van der Waals surface area (Å²) in [5.74, 6) is 0.473. The molecule has 2 aromatic heterocycles. The van der Waals surface area contributed by atoms with Crippen molar-refractivity contribution in [3.8, 4) is 0 Å². The van der Waals surface area contributed by atoms with Crippen LogP contribution < -0.4 is 5.32 Å². The molecule has 2 fully saturated rings. The smallest absolute Gasteiger partial charge is 0.257 e. The summed E-state index contributed by atoms with van der Waals surface area (Å²) in [6, 6.07) is -0.174. The summed E-state index contributed by atoms with van der Waals surface area (Å²) in [6.45, 7) is 1.43. The van der Waals surface area contributed by atoms with Crippen LogP contribution in [0.2, 0.25) is 0 Å². The highest BCUT2D eigenvalue weighted by Crippen LogP contribution is 2.26. The first kappa shape index (κ1) is 18.9. The van der Waals surface area contributed by atoms with E-state index >= 15 is 0 Å². The number of aliphatic hydroxyl groups is 1. The summed E-state index contributed by atoms with van der Waals surface area (Å²) in [5.41, 5.74) is 1.72. The van der Waals surface area contributed by atoms with Crippen LogP contribution in [0.25, 0.3) is 5.65 Å². The molecule has 8 nitrogen and oxygen atoms in total. The number of aromatic nitrogens is 3. The van der Waals surface area contributed by atoms with Crippen LogP contribution in [-0.2, 0) is 11.2 Å². The second kappa shape index (κ2) is 8.26. The van der Waals surface area contributed by atoms with Gasteiger partial charge < -0.3 is 15.3 Å².